The van der Waals surface area contributed by atoms with Crippen molar-refractivity contribution in [3.63, 3.8) is 0 Å². The normalized spacial score (nSPS) is 23.8. The average molecular weight is 277 g/mol. The van der Waals surface area contributed by atoms with E-state index in [2.05, 4.69) is 52.2 Å². The zero-order valence-electron chi connectivity index (χ0n) is 12.6. The summed E-state index contributed by atoms with van der Waals surface area (Å²) in [4.78, 5) is 11.7. The third-order valence-corrected chi connectivity index (χ3v) is 17.8. The number of carbonyl (C=O) groups excluding carboxylic acids is 1. The lowest BCUT2D eigenvalue weighted by Crippen LogP contribution is -2.44. The number of aryl methyl sites for hydroxylation is 1. The second-order valence-electron chi connectivity index (χ2n) is 6.93. The SMILES string of the molecule is CC(=O)c1cc2c(cc1C)[Si](C)(C)C(C)[Si]2(C)C. The van der Waals surface area contributed by atoms with Crippen LogP contribution in [0, 0.1) is 6.92 Å². The minimum Gasteiger partial charge on any atom is -0.295 e. The van der Waals surface area contributed by atoms with E-state index in [4.69, 9.17) is 0 Å². The van der Waals surface area contributed by atoms with E-state index in [0.717, 1.165) is 10.7 Å². The van der Waals surface area contributed by atoms with Crippen molar-refractivity contribution in [3.05, 3.63) is 23.3 Å². The lowest BCUT2D eigenvalue weighted by Gasteiger charge is -2.29. The molecule has 0 N–H and O–H groups in total. The minimum absolute atomic E-state index is 0.208. The van der Waals surface area contributed by atoms with E-state index < -0.39 is 16.1 Å². The van der Waals surface area contributed by atoms with Gasteiger partial charge in [-0.25, -0.2) is 0 Å². The molecule has 1 aliphatic heterocycles. The van der Waals surface area contributed by atoms with Crippen LogP contribution in [0.3, 0.4) is 0 Å². The zero-order chi connectivity index (χ0) is 13.9. The highest BCUT2D eigenvalue weighted by Crippen LogP contribution is 2.36. The highest BCUT2D eigenvalue weighted by molar-refractivity contribution is 7.15. The van der Waals surface area contributed by atoms with Gasteiger partial charge >= 0.3 is 0 Å². The van der Waals surface area contributed by atoms with Crippen molar-refractivity contribution in [2.75, 3.05) is 0 Å². The number of Topliss-reactive ketones (excluding diaryl/α,β-unsaturated/α-hetero) is 1. The third-order valence-electron chi connectivity index (χ3n) is 5.30. The highest BCUT2D eigenvalue weighted by Gasteiger charge is 2.51. The zero-order valence-corrected chi connectivity index (χ0v) is 14.6. The fourth-order valence-corrected chi connectivity index (χ4v) is 17.2. The largest absolute Gasteiger partial charge is 0.295 e. The molecule has 1 aromatic rings. The fraction of sp³-hybridized carbons (Fsp3) is 0.533. The Labute approximate surface area is 113 Å². The highest BCUT2D eigenvalue weighted by atomic mass is 28.4. The van der Waals surface area contributed by atoms with Crippen molar-refractivity contribution in [2.24, 2.45) is 0 Å². The predicted molar refractivity (Wildman–Crippen MR) is 84.8 cm³/mol. The van der Waals surface area contributed by atoms with Gasteiger partial charge in [0.1, 0.15) is 0 Å². The molecule has 0 fully saturated rings. The monoisotopic (exact) mass is 276 g/mol. The van der Waals surface area contributed by atoms with Crippen LogP contribution >= 0.6 is 0 Å². The first-order valence-corrected chi connectivity index (χ1v) is 12.9. The lowest BCUT2D eigenvalue weighted by molar-refractivity contribution is 0.101. The molecule has 1 aromatic carbocycles. The number of rotatable bonds is 1. The summed E-state index contributed by atoms with van der Waals surface area (Å²) in [6.07, 6.45) is 0. The molecule has 0 aromatic heterocycles. The Kier molecular flexibility index (Phi) is 2.98. The molecular weight excluding hydrogens is 252 g/mol. The van der Waals surface area contributed by atoms with Gasteiger partial charge in [0.05, 0.1) is 16.1 Å². The Bertz CT molecular complexity index is 530. The Hall–Kier alpha value is -0.676. The van der Waals surface area contributed by atoms with Crippen LogP contribution in [-0.2, 0) is 0 Å². The summed E-state index contributed by atoms with van der Waals surface area (Å²) in [7, 11) is -2.73. The molecule has 0 spiro atoms. The van der Waals surface area contributed by atoms with Gasteiger partial charge in [0.2, 0.25) is 0 Å². The second-order valence-corrected chi connectivity index (χ2v) is 17.2. The Morgan fingerprint density at radius 2 is 1.50 bits per heavy atom. The Morgan fingerprint density at radius 1 is 1.06 bits per heavy atom. The molecular formula is C15H24OSi2. The van der Waals surface area contributed by atoms with Gasteiger partial charge in [-0.3, -0.25) is 4.79 Å². The molecule has 0 amide bonds. The first-order chi connectivity index (χ1) is 8.10. The van der Waals surface area contributed by atoms with E-state index in [9.17, 15) is 4.79 Å². The molecule has 1 unspecified atom stereocenters. The van der Waals surface area contributed by atoms with Crippen LogP contribution in [0.25, 0.3) is 0 Å². The molecule has 0 saturated heterocycles. The van der Waals surface area contributed by atoms with Crippen LogP contribution in [0.1, 0.15) is 29.8 Å². The molecule has 1 aliphatic rings. The summed E-state index contributed by atoms with van der Waals surface area (Å²) < 4.78 is 0. The smallest absolute Gasteiger partial charge is 0.160 e. The maximum Gasteiger partial charge on any atom is 0.160 e. The van der Waals surface area contributed by atoms with Crippen molar-refractivity contribution in [3.8, 4) is 0 Å². The lowest BCUT2D eigenvalue weighted by atomic mass is 10.1. The molecule has 0 saturated carbocycles. The van der Waals surface area contributed by atoms with Gasteiger partial charge in [0.15, 0.2) is 5.78 Å². The minimum atomic E-state index is -1.39. The maximum atomic E-state index is 11.7. The van der Waals surface area contributed by atoms with Crippen molar-refractivity contribution in [2.45, 2.75) is 52.1 Å². The topological polar surface area (TPSA) is 17.1 Å². The molecule has 1 nitrogen and oxygen atoms in total. The Morgan fingerprint density at radius 3 is 1.94 bits per heavy atom. The Balaban J connectivity index is 2.76. The van der Waals surface area contributed by atoms with Gasteiger partial charge in [0, 0.05) is 5.56 Å². The van der Waals surface area contributed by atoms with Crippen LogP contribution < -0.4 is 10.4 Å². The summed E-state index contributed by atoms with van der Waals surface area (Å²) >= 11 is 0. The second kappa shape index (κ2) is 3.91. The number of fused-ring (bicyclic) bond motifs is 1. The van der Waals surface area contributed by atoms with Gasteiger partial charge in [-0.1, -0.05) is 55.6 Å². The number of benzene rings is 1. The van der Waals surface area contributed by atoms with Crippen LogP contribution in [0.4, 0.5) is 0 Å². The molecule has 2 rings (SSSR count). The standard InChI is InChI=1S/C15H24OSi2/c1-10-8-14-15(9-13(10)11(2)16)18(6,7)12(3)17(14,4)5/h8-9,12H,1-7H3. The fourth-order valence-electron chi connectivity index (χ4n) is 3.52. The summed E-state index contributed by atoms with van der Waals surface area (Å²) in [5.41, 5.74) is 2.11. The van der Waals surface area contributed by atoms with Gasteiger partial charge < -0.3 is 0 Å². The van der Waals surface area contributed by atoms with E-state index >= 15 is 0 Å². The van der Waals surface area contributed by atoms with E-state index in [-0.39, 0.29) is 5.78 Å². The summed E-state index contributed by atoms with van der Waals surface area (Å²) in [6.45, 7) is 16.1. The van der Waals surface area contributed by atoms with E-state index in [1.165, 1.54) is 5.56 Å². The van der Waals surface area contributed by atoms with Crippen LogP contribution in [0.2, 0.25) is 31.4 Å². The first-order valence-electron chi connectivity index (χ1n) is 6.76. The number of carbonyl (C=O) groups is 1. The number of ketones is 1. The molecule has 18 heavy (non-hydrogen) atoms. The van der Waals surface area contributed by atoms with Gasteiger partial charge in [0.25, 0.3) is 0 Å². The van der Waals surface area contributed by atoms with E-state index in [1.54, 1.807) is 17.3 Å². The predicted octanol–water partition coefficient (Wildman–Crippen LogP) is 2.97. The van der Waals surface area contributed by atoms with Crippen LogP contribution in [0.15, 0.2) is 12.1 Å². The molecule has 3 heteroatoms. The molecule has 0 radical (unpaired) electrons. The van der Waals surface area contributed by atoms with Crippen molar-refractivity contribution >= 4 is 32.3 Å². The molecule has 1 atom stereocenters. The number of hydrogen-bond acceptors (Lipinski definition) is 1. The maximum absolute atomic E-state index is 11.7. The molecule has 1 heterocycles. The van der Waals surface area contributed by atoms with Crippen LogP contribution in [0.5, 0.6) is 0 Å². The van der Waals surface area contributed by atoms with Crippen LogP contribution in [-0.4, -0.2) is 21.9 Å². The summed E-state index contributed by atoms with van der Waals surface area (Å²) in [5, 5.41) is 4.03. The average Bonchev–Trinajstić information content (AvgIpc) is 2.37. The third kappa shape index (κ3) is 1.68. The number of hydrogen-bond donors (Lipinski definition) is 0. The summed E-state index contributed by atoms with van der Waals surface area (Å²) in [6, 6.07) is 4.56. The van der Waals surface area contributed by atoms with E-state index in [1.807, 2.05) is 0 Å². The van der Waals surface area contributed by atoms with Crippen molar-refractivity contribution < 1.29 is 4.79 Å². The molecule has 0 aliphatic carbocycles. The van der Waals surface area contributed by atoms with Gasteiger partial charge in [-0.05, 0) is 24.6 Å². The van der Waals surface area contributed by atoms with Crippen molar-refractivity contribution in [1.29, 1.82) is 0 Å². The summed E-state index contributed by atoms with van der Waals surface area (Å²) in [5.74, 6) is 0.208. The first kappa shape index (κ1) is 13.7. The quantitative estimate of drug-likeness (QED) is 0.569. The molecule has 0 bridgehead atoms. The van der Waals surface area contributed by atoms with Gasteiger partial charge in [-0.2, -0.15) is 0 Å². The van der Waals surface area contributed by atoms with Gasteiger partial charge in [-0.15, -0.1) is 0 Å². The van der Waals surface area contributed by atoms with E-state index in [0.29, 0.717) is 0 Å². The van der Waals surface area contributed by atoms with Crippen molar-refractivity contribution in [1.82, 2.24) is 0 Å². The molecule has 98 valence electrons.